The molecule has 0 atom stereocenters. The molecule has 0 saturated heterocycles. The number of anilines is 2. The highest BCUT2D eigenvalue weighted by molar-refractivity contribution is 6.03. The molecule has 3 aromatic heterocycles. The van der Waals surface area contributed by atoms with E-state index in [0.29, 0.717) is 29.4 Å². The number of nitrogens with zero attached hydrogens (tertiary/aromatic N) is 4. The van der Waals surface area contributed by atoms with Crippen molar-refractivity contribution in [2.45, 2.75) is 32.7 Å². The second-order valence-electron chi connectivity index (χ2n) is 8.14. The van der Waals surface area contributed by atoms with Crippen LogP contribution in [0.2, 0.25) is 0 Å². The molecule has 4 rings (SSSR count). The summed E-state index contributed by atoms with van der Waals surface area (Å²) in [5, 5.41) is 10.6. The van der Waals surface area contributed by atoms with Crippen LogP contribution >= 0.6 is 0 Å². The highest BCUT2D eigenvalue weighted by Crippen LogP contribution is 2.22. The Balaban J connectivity index is 1.45. The third-order valence-corrected chi connectivity index (χ3v) is 4.80. The molecule has 0 saturated carbocycles. The number of fused-ring (bicyclic) bond motifs is 1. The Morgan fingerprint density at radius 2 is 1.70 bits per heavy atom. The van der Waals surface area contributed by atoms with Crippen LogP contribution in [0.15, 0.2) is 67.1 Å². The van der Waals surface area contributed by atoms with Gasteiger partial charge in [0.15, 0.2) is 11.5 Å². The van der Waals surface area contributed by atoms with Crippen LogP contribution in [-0.4, -0.2) is 25.5 Å². The Morgan fingerprint density at radius 1 is 0.967 bits per heavy atom. The van der Waals surface area contributed by atoms with Crippen molar-refractivity contribution in [2.75, 3.05) is 10.6 Å². The van der Waals surface area contributed by atoms with Gasteiger partial charge in [0.05, 0.1) is 6.20 Å². The lowest BCUT2D eigenvalue weighted by Crippen LogP contribution is -2.14. The molecular formula is C23H24N6O. The van der Waals surface area contributed by atoms with E-state index in [0.717, 1.165) is 5.56 Å². The van der Waals surface area contributed by atoms with Crippen LogP contribution in [0.25, 0.3) is 5.65 Å². The van der Waals surface area contributed by atoms with Gasteiger partial charge < -0.3 is 10.6 Å². The lowest BCUT2D eigenvalue weighted by atomic mass is 9.87. The molecule has 152 valence electrons. The largest absolute Gasteiger partial charge is 0.365 e. The summed E-state index contributed by atoms with van der Waals surface area (Å²) in [5.41, 5.74) is 3.59. The molecule has 0 fully saturated rings. The molecule has 2 N–H and O–H groups in total. The van der Waals surface area contributed by atoms with Crippen molar-refractivity contribution >= 4 is 23.2 Å². The minimum absolute atomic E-state index is 0.0470. The van der Waals surface area contributed by atoms with Gasteiger partial charge in [-0.25, -0.2) is 9.50 Å². The SMILES string of the molecule is CC(C)(C)c1ccc(C(=O)Nc2cn3nc(NCc4ccncc4)ccc3n2)cc1. The van der Waals surface area contributed by atoms with Gasteiger partial charge in [0.2, 0.25) is 0 Å². The van der Waals surface area contributed by atoms with Crippen LogP contribution in [-0.2, 0) is 12.0 Å². The Labute approximate surface area is 175 Å². The Bertz CT molecular complexity index is 1160. The number of benzene rings is 1. The van der Waals surface area contributed by atoms with Gasteiger partial charge in [0.1, 0.15) is 5.82 Å². The van der Waals surface area contributed by atoms with Crippen molar-refractivity contribution in [1.29, 1.82) is 0 Å². The molecule has 0 aliphatic heterocycles. The summed E-state index contributed by atoms with van der Waals surface area (Å²) in [6.07, 6.45) is 5.22. The summed E-state index contributed by atoms with van der Waals surface area (Å²) >= 11 is 0. The van der Waals surface area contributed by atoms with E-state index in [1.165, 1.54) is 5.56 Å². The molecule has 0 unspecified atom stereocenters. The Morgan fingerprint density at radius 3 is 2.40 bits per heavy atom. The van der Waals surface area contributed by atoms with E-state index < -0.39 is 0 Å². The normalized spacial score (nSPS) is 11.4. The predicted octanol–water partition coefficient (Wildman–Crippen LogP) is 4.29. The minimum atomic E-state index is -0.199. The standard InChI is InChI=1S/C23H24N6O/c1-23(2,3)18-6-4-17(5-7-18)22(30)27-20-15-29-21(26-20)9-8-19(28-29)25-14-16-10-12-24-13-11-16/h4-13,15H,14H2,1-3H3,(H,25,28)(H,27,30). The average Bonchev–Trinajstić information content (AvgIpc) is 3.14. The minimum Gasteiger partial charge on any atom is -0.365 e. The summed E-state index contributed by atoms with van der Waals surface area (Å²) in [6.45, 7) is 7.08. The summed E-state index contributed by atoms with van der Waals surface area (Å²) in [7, 11) is 0. The number of carbonyl (C=O) groups is 1. The van der Waals surface area contributed by atoms with E-state index in [2.05, 4.69) is 46.5 Å². The van der Waals surface area contributed by atoms with E-state index in [1.54, 1.807) is 23.1 Å². The zero-order valence-corrected chi connectivity index (χ0v) is 17.3. The maximum absolute atomic E-state index is 12.6. The van der Waals surface area contributed by atoms with E-state index in [1.807, 2.05) is 48.5 Å². The average molecular weight is 400 g/mol. The second-order valence-corrected chi connectivity index (χ2v) is 8.14. The molecule has 0 radical (unpaired) electrons. The number of hydrogen-bond acceptors (Lipinski definition) is 5. The lowest BCUT2D eigenvalue weighted by Gasteiger charge is -2.18. The molecule has 7 nitrogen and oxygen atoms in total. The number of nitrogens with one attached hydrogen (secondary N) is 2. The van der Waals surface area contributed by atoms with Crippen LogP contribution in [0.1, 0.15) is 42.3 Å². The van der Waals surface area contributed by atoms with Gasteiger partial charge in [-0.15, -0.1) is 5.10 Å². The quantitative estimate of drug-likeness (QED) is 0.522. The molecule has 7 heteroatoms. The monoisotopic (exact) mass is 400 g/mol. The second kappa shape index (κ2) is 7.94. The van der Waals surface area contributed by atoms with Crippen molar-refractivity contribution in [3.8, 4) is 0 Å². The van der Waals surface area contributed by atoms with Crippen molar-refractivity contribution in [3.05, 3.63) is 83.8 Å². The van der Waals surface area contributed by atoms with Crippen LogP contribution in [0, 0.1) is 0 Å². The lowest BCUT2D eigenvalue weighted by molar-refractivity contribution is 0.102. The number of aromatic nitrogens is 4. The predicted molar refractivity (Wildman–Crippen MR) is 118 cm³/mol. The van der Waals surface area contributed by atoms with Crippen molar-refractivity contribution in [2.24, 2.45) is 0 Å². The van der Waals surface area contributed by atoms with E-state index >= 15 is 0 Å². The highest BCUT2D eigenvalue weighted by Gasteiger charge is 2.15. The van der Waals surface area contributed by atoms with E-state index in [-0.39, 0.29) is 11.3 Å². The summed E-state index contributed by atoms with van der Waals surface area (Å²) < 4.78 is 1.65. The fourth-order valence-electron chi connectivity index (χ4n) is 3.04. The first-order chi connectivity index (χ1) is 14.4. The van der Waals surface area contributed by atoms with E-state index in [4.69, 9.17) is 0 Å². The van der Waals surface area contributed by atoms with Crippen LogP contribution in [0.5, 0.6) is 0 Å². The summed E-state index contributed by atoms with van der Waals surface area (Å²) in [5.74, 6) is 0.973. The van der Waals surface area contributed by atoms with Crippen LogP contribution in [0.3, 0.4) is 0 Å². The van der Waals surface area contributed by atoms with Crippen molar-refractivity contribution < 1.29 is 4.79 Å². The third-order valence-electron chi connectivity index (χ3n) is 4.80. The Kier molecular flexibility index (Phi) is 5.18. The molecule has 3 heterocycles. The van der Waals surface area contributed by atoms with Gasteiger partial charge in [-0.3, -0.25) is 9.78 Å². The summed E-state index contributed by atoms with van der Waals surface area (Å²) in [4.78, 5) is 21.0. The first kappa shape index (κ1) is 19.6. The number of pyridine rings is 1. The molecule has 1 aromatic carbocycles. The zero-order valence-electron chi connectivity index (χ0n) is 17.3. The van der Waals surface area contributed by atoms with Crippen molar-refractivity contribution in [1.82, 2.24) is 19.6 Å². The molecule has 0 bridgehead atoms. The summed E-state index contributed by atoms with van der Waals surface area (Å²) in [6, 6.07) is 15.3. The molecule has 0 spiro atoms. The van der Waals surface area contributed by atoms with Crippen molar-refractivity contribution in [3.63, 3.8) is 0 Å². The first-order valence-corrected chi connectivity index (χ1v) is 9.79. The molecule has 0 aliphatic carbocycles. The van der Waals surface area contributed by atoms with Gasteiger partial charge in [-0.1, -0.05) is 32.9 Å². The topological polar surface area (TPSA) is 84.2 Å². The van der Waals surface area contributed by atoms with Gasteiger partial charge >= 0.3 is 0 Å². The maximum Gasteiger partial charge on any atom is 0.256 e. The van der Waals surface area contributed by atoms with Gasteiger partial charge in [0, 0.05) is 24.5 Å². The van der Waals surface area contributed by atoms with Crippen LogP contribution < -0.4 is 10.6 Å². The smallest absolute Gasteiger partial charge is 0.256 e. The molecule has 4 aromatic rings. The zero-order chi connectivity index (χ0) is 21.1. The van der Waals surface area contributed by atoms with E-state index in [9.17, 15) is 4.79 Å². The maximum atomic E-state index is 12.6. The van der Waals surface area contributed by atoms with Gasteiger partial charge in [0.25, 0.3) is 5.91 Å². The third kappa shape index (κ3) is 4.46. The molecule has 30 heavy (non-hydrogen) atoms. The van der Waals surface area contributed by atoms with Gasteiger partial charge in [-0.2, -0.15) is 0 Å². The fourth-order valence-corrected chi connectivity index (χ4v) is 3.04. The molecule has 0 aliphatic rings. The highest BCUT2D eigenvalue weighted by atomic mass is 16.1. The molecular weight excluding hydrogens is 376 g/mol. The first-order valence-electron chi connectivity index (χ1n) is 9.79. The number of carbonyl (C=O) groups excluding carboxylic acids is 1. The van der Waals surface area contributed by atoms with Gasteiger partial charge in [-0.05, 0) is 52.9 Å². The molecule has 1 amide bonds. The number of amides is 1. The fraction of sp³-hybridized carbons (Fsp3) is 0.217. The number of rotatable bonds is 5. The Hall–Kier alpha value is -3.74. The number of hydrogen-bond donors (Lipinski definition) is 2. The number of imidazole rings is 1. The van der Waals surface area contributed by atoms with Crippen LogP contribution in [0.4, 0.5) is 11.6 Å².